The van der Waals surface area contributed by atoms with Gasteiger partial charge in [-0.15, -0.1) is 0 Å². The minimum Gasteiger partial charge on any atom is -0.467 e. The highest BCUT2D eigenvalue weighted by Gasteiger charge is 2.20. The summed E-state index contributed by atoms with van der Waals surface area (Å²) in [4.78, 5) is 11.3. The number of hydrogen-bond acceptors (Lipinski definition) is 6. The van der Waals surface area contributed by atoms with Gasteiger partial charge in [0.25, 0.3) is 5.78 Å². The van der Waals surface area contributed by atoms with Crippen molar-refractivity contribution in [2.24, 2.45) is 5.14 Å². The molecule has 7 nitrogen and oxygen atoms in total. The van der Waals surface area contributed by atoms with Gasteiger partial charge >= 0.3 is 0 Å². The van der Waals surface area contributed by atoms with Crippen LogP contribution in [0.2, 0.25) is 5.02 Å². The molecule has 2 aromatic rings. The topological polar surface area (TPSA) is 126 Å². The number of halogens is 1. The predicted molar refractivity (Wildman–Crippen MR) is 78.8 cm³/mol. The van der Waals surface area contributed by atoms with Crippen molar-refractivity contribution in [3.05, 3.63) is 46.9 Å². The fourth-order valence-electron chi connectivity index (χ4n) is 1.76. The fourth-order valence-corrected chi connectivity index (χ4v) is 2.86. The van der Waals surface area contributed by atoms with Crippen LogP contribution < -0.4 is 10.5 Å². The van der Waals surface area contributed by atoms with E-state index in [9.17, 15) is 13.2 Å². The van der Waals surface area contributed by atoms with E-state index in [0.717, 1.165) is 6.07 Å². The Hall–Kier alpha value is -2.34. The quantitative estimate of drug-likeness (QED) is 0.632. The first-order chi connectivity index (χ1) is 10.3. The van der Waals surface area contributed by atoms with E-state index in [2.05, 4.69) is 5.32 Å². The van der Waals surface area contributed by atoms with Crippen LogP contribution in [0.4, 0.5) is 5.69 Å². The zero-order chi connectivity index (χ0) is 16.3. The number of anilines is 1. The van der Waals surface area contributed by atoms with Crippen LogP contribution in [0.15, 0.2) is 39.8 Å². The molecule has 0 unspecified atom stereocenters. The molecule has 2 rings (SSSR count). The maximum absolute atomic E-state index is 11.7. The maximum Gasteiger partial charge on any atom is 0.264 e. The Kier molecular flexibility index (Phi) is 4.51. The van der Waals surface area contributed by atoms with Gasteiger partial charge in [-0.05, 0) is 24.3 Å². The third kappa shape index (κ3) is 3.46. The highest BCUT2D eigenvalue weighted by atomic mass is 35.5. The van der Waals surface area contributed by atoms with E-state index in [1.54, 1.807) is 12.1 Å². The van der Waals surface area contributed by atoms with Crippen LogP contribution in [0.25, 0.3) is 0 Å². The lowest BCUT2D eigenvalue weighted by molar-refractivity contribution is 0.105. The van der Waals surface area contributed by atoms with E-state index in [1.807, 2.05) is 0 Å². The molecule has 0 fully saturated rings. The van der Waals surface area contributed by atoms with Crippen LogP contribution in [-0.2, 0) is 16.6 Å². The number of rotatable bonds is 5. The molecule has 0 saturated heterocycles. The number of nitriles is 1. The number of sulfonamides is 1. The standard InChI is InChI=1S/C13H10ClN3O4S/c14-10-5-11(17-7-8-2-1-3-21-8)9(12(18)6-15)4-13(10)22(16,19)20/h1-5,17H,7H2,(H2,16,19,20). The molecule has 9 heteroatoms. The van der Waals surface area contributed by atoms with Gasteiger partial charge in [0.15, 0.2) is 0 Å². The molecule has 1 aromatic carbocycles. The number of hydrogen-bond donors (Lipinski definition) is 2. The van der Waals surface area contributed by atoms with Crippen molar-refractivity contribution < 1.29 is 17.6 Å². The fraction of sp³-hybridized carbons (Fsp3) is 0.0769. The molecule has 0 saturated carbocycles. The lowest BCUT2D eigenvalue weighted by Crippen LogP contribution is -2.15. The van der Waals surface area contributed by atoms with Crippen LogP contribution in [0.3, 0.4) is 0 Å². The molecule has 1 heterocycles. The number of benzene rings is 1. The molecular weight excluding hydrogens is 330 g/mol. The van der Waals surface area contributed by atoms with Crippen molar-refractivity contribution >= 4 is 33.1 Å². The van der Waals surface area contributed by atoms with Crippen molar-refractivity contribution in [2.45, 2.75) is 11.4 Å². The van der Waals surface area contributed by atoms with Gasteiger partial charge in [0.1, 0.15) is 16.7 Å². The number of nitrogens with zero attached hydrogens (tertiary/aromatic N) is 1. The van der Waals surface area contributed by atoms with Crippen molar-refractivity contribution in [3.63, 3.8) is 0 Å². The van der Waals surface area contributed by atoms with Crippen molar-refractivity contribution in [1.29, 1.82) is 5.26 Å². The molecule has 0 amide bonds. The number of ketones is 1. The molecule has 114 valence electrons. The van der Waals surface area contributed by atoms with Crippen LogP contribution in [0, 0.1) is 11.3 Å². The summed E-state index contributed by atoms with van der Waals surface area (Å²) < 4.78 is 28.0. The third-order valence-electron chi connectivity index (χ3n) is 2.76. The van der Waals surface area contributed by atoms with Gasteiger partial charge in [0.2, 0.25) is 10.0 Å². The second-order valence-electron chi connectivity index (χ2n) is 4.25. The van der Waals surface area contributed by atoms with Crippen LogP contribution >= 0.6 is 11.6 Å². The Morgan fingerprint density at radius 3 is 2.73 bits per heavy atom. The highest BCUT2D eigenvalue weighted by Crippen LogP contribution is 2.29. The van der Waals surface area contributed by atoms with E-state index in [4.69, 9.17) is 26.4 Å². The molecule has 0 aliphatic carbocycles. The lowest BCUT2D eigenvalue weighted by Gasteiger charge is -2.11. The number of primary sulfonamides is 1. The van der Waals surface area contributed by atoms with Crippen molar-refractivity contribution in [2.75, 3.05) is 5.32 Å². The Labute approximate surface area is 131 Å². The first kappa shape index (κ1) is 16.0. The number of nitrogens with two attached hydrogens (primary N) is 1. The van der Waals surface area contributed by atoms with Crippen LogP contribution in [0.5, 0.6) is 0 Å². The van der Waals surface area contributed by atoms with E-state index >= 15 is 0 Å². The zero-order valence-corrected chi connectivity index (χ0v) is 12.6. The Morgan fingerprint density at radius 1 is 1.45 bits per heavy atom. The van der Waals surface area contributed by atoms with Gasteiger partial charge in [-0.25, -0.2) is 13.6 Å². The summed E-state index contributed by atoms with van der Waals surface area (Å²) >= 11 is 5.88. The smallest absolute Gasteiger partial charge is 0.264 e. The van der Waals surface area contributed by atoms with E-state index in [1.165, 1.54) is 18.4 Å². The average molecular weight is 340 g/mol. The minimum atomic E-state index is -4.11. The van der Waals surface area contributed by atoms with Crippen LogP contribution in [0.1, 0.15) is 16.1 Å². The average Bonchev–Trinajstić information content (AvgIpc) is 2.96. The predicted octanol–water partition coefficient (Wildman–Crippen LogP) is 1.90. The second-order valence-corrected chi connectivity index (χ2v) is 6.18. The van der Waals surface area contributed by atoms with Gasteiger partial charge in [-0.2, -0.15) is 5.26 Å². The van der Waals surface area contributed by atoms with Gasteiger partial charge in [0, 0.05) is 5.69 Å². The normalized spacial score (nSPS) is 11.0. The summed E-state index contributed by atoms with van der Waals surface area (Å²) in [6.45, 7) is 0.226. The van der Waals surface area contributed by atoms with Crippen LogP contribution in [-0.4, -0.2) is 14.2 Å². The molecule has 0 spiro atoms. The number of carbonyl (C=O) groups excluding carboxylic acids is 1. The lowest BCUT2D eigenvalue weighted by atomic mass is 10.1. The van der Waals surface area contributed by atoms with Gasteiger partial charge in [-0.1, -0.05) is 11.6 Å². The number of carbonyl (C=O) groups is 1. The molecular formula is C13H10ClN3O4S. The molecule has 0 aliphatic rings. The zero-order valence-electron chi connectivity index (χ0n) is 11.0. The summed E-state index contributed by atoms with van der Waals surface area (Å²) in [6, 6.07) is 7.04. The van der Waals surface area contributed by atoms with Crippen molar-refractivity contribution in [3.8, 4) is 6.07 Å². The van der Waals surface area contributed by atoms with Gasteiger partial charge in [-0.3, -0.25) is 4.79 Å². The minimum absolute atomic E-state index is 0.137. The SMILES string of the molecule is N#CC(=O)c1cc(S(N)(=O)=O)c(Cl)cc1NCc1ccco1. The summed E-state index contributed by atoms with van der Waals surface area (Å²) in [5.41, 5.74) is 0.0721. The summed E-state index contributed by atoms with van der Waals surface area (Å²) in [5, 5.41) is 16.5. The summed E-state index contributed by atoms with van der Waals surface area (Å²) in [7, 11) is -4.11. The number of furan rings is 1. The Balaban J connectivity index is 2.46. The monoisotopic (exact) mass is 339 g/mol. The molecule has 0 bridgehead atoms. The Bertz CT molecular complexity index is 854. The largest absolute Gasteiger partial charge is 0.467 e. The van der Waals surface area contributed by atoms with E-state index in [0.29, 0.717) is 5.76 Å². The van der Waals surface area contributed by atoms with Crippen molar-refractivity contribution in [1.82, 2.24) is 0 Å². The molecule has 0 radical (unpaired) electrons. The molecule has 3 N–H and O–H groups in total. The summed E-state index contributed by atoms with van der Waals surface area (Å²) in [6.07, 6.45) is 1.48. The first-order valence-electron chi connectivity index (χ1n) is 5.90. The summed E-state index contributed by atoms with van der Waals surface area (Å²) in [5.74, 6) is -0.328. The highest BCUT2D eigenvalue weighted by molar-refractivity contribution is 7.89. The van der Waals surface area contributed by atoms with Gasteiger partial charge < -0.3 is 9.73 Å². The maximum atomic E-state index is 11.7. The molecule has 0 atom stereocenters. The third-order valence-corrected chi connectivity index (χ3v) is 4.13. The Morgan fingerprint density at radius 2 is 2.18 bits per heavy atom. The molecule has 1 aromatic heterocycles. The number of Topliss-reactive ketones (excluding diaryl/α,β-unsaturated/α-hetero) is 1. The van der Waals surface area contributed by atoms with E-state index in [-0.39, 0.29) is 22.8 Å². The molecule has 0 aliphatic heterocycles. The second kappa shape index (κ2) is 6.19. The van der Waals surface area contributed by atoms with E-state index < -0.39 is 20.7 Å². The van der Waals surface area contributed by atoms with Gasteiger partial charge in [0.05, 0.1) is 23.4 Å². The molecule has 22 heavy (non-hydrogen) atoms. The number of nitrogens with one attached hydrogen (secondary N) is 1. The first-order valence-corrected chi connectivity index (χ1v) is 7.82.